The molecule has 1 nitrogen and oxygen atoms in total. The third-order valence-electron chi connectivity index (χ3n) is 43.7. The summed E-state index contributed by atoms with van der Waals surface area (Å²) in [7, 11) is 0. The van der Waals surface area contributed by atoms with Gasteiger partial charge in [-0.1, -0.05) is 62.0 Å². The number of hydrogen-bond donors (Lipinski definition) is 0. The largest absolute Gasteiger partial charge is 0.367 e. The molecule has 2 spiro atoms. The molecule has 0 amide bonds. The lowest BCUT2D eigenvalue weighted by Gasteiger charge is -2.70. The van der Waals surface area contributed by atoms with E-state index in [1.807, 2.05) is 0 Å². The van der Waals surface area contributed by atoms with Crippen molar-refractivity contribution in [3.05, 3.63) is 41.5 Å². The number of hydrogen-bond acceptors (Lipinski definition) is 1. The average molecular weight is 980 g/mol. The molecule has 0 radical (unpaired) electrons. The number of benzene rings is 1. The second-order valence-corrected chi connectivity index (χ2v) is 39.1. The Kier molecular flexibility index (Phi) is 4.16. The van der Waals surface area contributed by atoms with Gasteiger partial charge in [0.15, 0.2) is 0 Å². The molecule has 1 heterocycles. The average Bonchev–Trinajstić information content (AvgIpc) is 2.37. The van der Waals surface area contributed by atoms with E-state index in [1.54, 1.807) is 25.1 Å². The summed E-state index contributed by atoms with van der Waals surface area (Å²) in [5.41, 5.74) is 8.13. The summed E-state index contributed by atoms with van der Waals surface area (Å²) in [4.78, 5) is 3.54. The zero-order valence-corrected chi connectivity index (χ0v) is 44.0. The molecule has 1 saturated heterocycles. The molecule has 59 atom stereocenters. The van der Waals surface area contributed by atoms with Gasteiger partial charge in [-0.05, 0) is 350 Å². The molecule has 75 heavy (non-hydrogen) atoms. The maximum atomic E-state index is 3.54. The molecule has 59 unspecified atom stereocenters. The van der Waals surface area contributed by atoms with Gasteiger partial charge in [0.2, 0.25) is 0 Å². The van der Waals surface area contributed by atoms with Gasteiger partial charge in [-0.3, -0.25) is 0 Å². The first-order chi connectivity index (χ1) is 37.4. The molecule has 1 aromatic rings. The first kappa shape index (κ1) is 34.9. The number of para-hydroxylation sites is 1. The Hall–Kier alpha value is -1.24. The quantitative estimate of drug-likeness (QED) is 0.203. The van der Waals surface area contributed by atoms with Crippen molar-refractivity contribution < 1.29 is 0 Å². The number of allylic oxidation sites excluding steroid dienone is 1. The highest BCUT2D eigenvalue weighted by Crippen LogP contribution is 3.08. The van der Waals surface area contributed by atoms with Gasteiger partial charge < -0.3 is 4.90 Å². The Bertz CT molecular complexity index is 3420. The van der Waals surface area contributed by atoms with Crippen LogP contribution < -0.4 is 4.90 Å². The lowest BCUT2D eigenvalue weighted by Crippen LogP contribution is -2.69. The van der Waals surface area contributed by atoms with E-state index < -0.39 is 0 Å². The van der Waals surface area contributed by atoms with Crippen LogP contribution in [0.15, 0.2) is 41.5 Å². The Morgan fingerprint density at radius 3 is 1.11 bits per heavy atom. The number of anilines is 1. The number of nitrogens with zero attached hydrogens (tertiary/aromatic N) is 1. The van der Waals surface area contributed by atoms with Gasteiger partial charge in [-0.15, -0.1) is 0 Å². The maximum Gasteiger partial charge on any atom is 0.0392 e. The molecule has 1 aliphatic heterocycles. The topological polar surface area (TPSA) is 3.24 Å². The molecule has 1 heteroatoms. The first-order valence-corrected chi connectivity index (χ1v) is 35.9. The Morgan fingerprint density at radius 2 is 0.680 bits per heavy atom. The van der Waals surface area contributed by atoms with Gasteiger partial charge >= 0.3 is 0 Å². The maximum absolute atomic E-state index is 3.54. The molecule has 0 aromatic heterocycles. The normalized spacial score (nSPS) is 90.6. The molecule has 31 fully saturated rings. The lowest BCUT2D eigenvalue weighted by molar-refractivity contribution is -0.220. The molecule has 30 saturated carbocycles. The van der Waals surface area contributed by atoms with E-state index in [-0.39, 0.29) is 0 Å². The van der Waals surface area contributed by atoms with Crippen molar-refractivity contribution in [3.8, 4) is 0 Å². The summed E-state index contributed by atoms with van der Waals surface area (Å²) in [5.74, 6) is 69.2. The third kappa shape index (κ3) is 2.22. The van der Waals surface area contributed by atoms with Crippen LogP contribution in [0.4, 0.5) is 5.69 Å². The molecular weight excluding hydrogens is 903 g/mol. The van der Waals surface area contributed by atoms with Crippen LogP contribution in [0.3, 0.4) is 0 Å². The zero-order valence-electron chi connectivity index (χ0n) is 44.0. The van der Waals surface area contributed by atoms with E-state index in [1.165, 1.54) is 315 Å². The van der Waals surface area contributed by atoms with Crippen molar-refractivity contribution in [1.82, 2.24) is 0 Å². The Labute approximate surface area is 443 Å². The van der Waals surface area contributed by atoms with E-state index in [9.17, 15) is 0 Å². The van der Waals surface area contributed by atoms with Gasteiger partial charge in [0.05, 0.1) is 0 Å². The minimum absolute atomic E-state index is 0.551. The second-order valence-electron chi connectivity index (χ2n) is 39.1. The van der Waals surface area contributed by atoms with Crippen molar-refractivity contribution in [2.75, 3.05) is 11.4 Å². The Balaban J connectivity index is 0.831. The van der Waals surface area contributed by atoms with E-state index in [4.69, 9.17) is 0 Å². The molecule has 33 aliphatic rings. The summed E-state index contributed by atoms with van der Waals surface area (Å²) >= 11 is 0. The van der Waals surface area contributed by atoms with Crippen molar-refractivity contribution in [1.29, 1.82) is 0 Å². The molecular formula is C74H77N. The predicted octanol–water partition coefficient (Wildman–Crippen LogP) is 11.0. The van der Waals surface area contributed by atoms with Crippen LogP contribution in [0.2, 0.25) is 0 Å². The van der Waals surface area contributed by atoms with E-state index in [0.29, 0.717) is 10.8 Å². The number of rotatable bonds is 6. The molecule has 0 N–H and O–H groups in total. The summed E-state index contributed by atoms with van der Waals surface area (Å²) in [6.07, 6.45) is 7.58. The van der Waals surface area contributed by atoms with Crippen LogP contribution in [0, 0.1) is 342 Å². The molecule has 32 aliphatic carbocycles. The molecule has 1 aromatic carbocycles. The lowest BCUT2D eigenvalue weighted by atomic mass is 9.33. The molecule has 378 valence electrons. The Morgan fingerprint density at radius 1 is 0.333 bits per heavy atom. The van der Waals surface area contributed by atoms with Gasteiger partial charge in [-0.2, -0.15) is 0 Å². The van der Waals surface area contributed by atoms with E-state index in [2.05, 4.69) is 53.3 Å². The summed E-state index contributed by atoms with van der Waals surface area (Å²) in [6, 6.07) is 13.9. The highest BCUT2D eigenvalue weighted by Gasteiger charge is 3.05. The predicted molar refractivity (Wildman–Crippen MR) is 274 cm³/mol. The van der Waals surface area contributed by atoms with Crippen LogP contribution in [0.5, 0.6) is 0 Å². The fraction of sp³-hybridized carbons (Fsp3) is 0.892. The monoisotopic (exact) mass is 980 g/mol. The summed E-state index contributed by atoms with van der Waals surface area (Å²) in [6.45, 7) is 4.13. The van der Waals surface area contributed by atoms with Crippen molar-refractivity contribution in [2.24, 2.45) is 342 Å². The van der Waals surface area contributed by atoms with Crippen LogP contribution >= 0.6 is 0 Å². The van der Waals surface area contributed by atoms with Crippen LogP contribution in [-0.4, -0.2) is 12.6 Å². The minimum Gasteiger partial charge on any atom is -0.367 e. The fourth-order valence-corrected chi connectivity index (χ4v) is 49.3. The van der Waals surface area contributed by atoms with Crippen LogP contribution in [0.1, 0.15) is 39.0 Å². The smallest absolute Gasteiger partial charge is 0.0392 e. The molecule has 0 bridgehead atoms. The van der Waals surface area contributed by atoms with Crippen molar-refractivity contribution in [3.63, 3.8) is 0 Å². The van der Waals surface area contributed by atoms with Gasteiger partial charge in [0.25, 0.3) is 0 Å². The standard InChI is InChI=1S/C74H77N/c1-2-3-4-8-11-14-74-71-65-59-49-37-29-21-17-15-16-19-23(21)31(37)41-35-27(19)28-20(16)24-22-18(15)26-25(17)33-39(29)47-53-43(33)44-34(26)40-30(22)38-32(24)42-36(28)46-45(35)57(51(41)59)67(71)68-58(46)52(42)60-50(38)56-48(40)54(44)62-61(53)69(63(65)55(47)49)73(74,70(62)64(56)66(60)72(68)74)12-75(14)13-9-6-5-7-10-13/h5-7,9-10,14-65,67-71H,2-4,8,11-12H2,1H3. The van der Waals surface area contributed by atoms with Gasteiger partial charge in [0, 0.05) is 29.1 Å². The fourth-order valence-electron chi connectivity index (χ4n) is 49.3. The highest BCUT2D eigenvalue weighted by molar-refractivity contribution is 5.65. The van der Waals surface area contributed by atoms with E-state index >= 15 is 0 Å². The molecule has 34 rings (SSSR count). The SMILES string of the molecule is CCCCCCC1N(c2ccccc2)CC23C4C5C6=C7C8C9C%10C6C6C5C5C%11C%12C6C6C%10C%10C9C9C%13C%14C%10C%10C6C%12C6C%12C%10C%14C%10C%14C%12C%12C6C%11C6C%11C%12C%12C%14C%14C%10C%13C%10C9C8C(C8C%10C%14C9C%12C%11C(C4C56)C2C98)C713. The third-order valence-corrected chi connectivity index (χ3v) is 43.7. The van der Waals surface area contributed by atoms with Gasteiger partial charge in [0.1, 0.15) is 0 Å². The highest BCUT2D eigenvalue weighted by atomic mass is 15.3. The number of unbranched alkanes of at least 4 members (excludes halogenated alkanes) is 3. The van der Waals surface area contributed by atoms with E-state index in [0.717, 1.165) is 41.5 Å². The van der Waals surface area contributed by atoms with Crippen LogP contribution in [0.25, 0.3) is 0 Å². The minimum atomic E-state index is 0.551. The van der Waals surface area contributed by atoms with Crippen LogP contribution in [-0.2, 0) is 0 Å². The summed E-state index contributed by atoms with van der Waals surface area (Å²) < 4.78 is 0. The zero-order chi connectivity index (χ0) is 45.0. The van der Waals surface area contributed by atoms with Gasteiger partial charge in [-0.25, -0.2) is 0 Å². The first-order valence-electron chi connectivity index (χ1n) is 35.9. The van der Waals surface area contributed by atoms with Crippen molar-refractivity contribution in [2.45, 2.75) is 45.1 Å². The second kappa shape index (κ2) is 8.94. The van der Waals surface area contributed by atoms with Crippen molar-refractivity contribution >= 4 is 5.69 Å². The summed E-state index contributed by atoms with van der Waals surface area (Å²) in [5, 5.41) is 0.